The molecule has 0 spiro atoms. The van der Waals surface area contributed by atoms with E-state index in [-0.39, 0.29) is 0 Å². The molecule has 1 aliphatic carbocycles. The highest BCUT2D eigenvalue weighted by Gasteiger charge is 2.39. The zero-order valence-electron chi connectivity index (χ0n) is 17.2. The van der Waals surface area contributed by atoms with E-state index in [1.807, 2.05) is 12.1 Å². The number of nitrogens with two attached hydrogens (primary N) is 1. The molecule has 144 valence electrons. The molecule has 28 heavy (non-hydrogen) atoms. The Morgan fingerprint density at radius 1 is 0.857 bits per heavy atom. The molecule has 0 bridgehead atoms. The highest BCUT2D eigenvalue weighted by atomic mass is 14.5. The summed E-state index contributed by atoms with van der Waals surface area (Å²) in [5, 5.41) is 0. The molecule has 4 rings (SSSR count). The molecule has 0 amide bonds. The van der Waals surface area contributed by atoms with Gasteiger partial charge in [-0.2, -0.15) is 0 Å². The maximum atomic E-state index is 5.92. The van der Waals surface area contributed by atoms with Gasteiger partial charge in [0.15, 0.2) is 0 Å². The first kappa shape index (κ1) is 18.8. The first-order chi connectivity index (χ1) is 13.5. The van der Waals surface area contributed by atoms with Crippen molar-refractivity contribution in [3.63, 3.8) is 0 Å². The Bertz CT molecular complexity index is 924. The molecule has 3 aromatic carbocycles. The average molecular weight is 370 g/mol. The lowest BCUT2D eigenvalue weighted by Crippen LogP contribution is -2.39. The highest BCUT2D eigenvalue weighted by Crippen LogP contribution is 2.47. The van der Waals surface area contributed by atoms with Crippen molar-refractivity contribution >= 4 is 5.69 Å². The zero-order chi connectivity index (χ0) is 19.7. The van der Waals surface area contributed by atoms with E-state index in [9.17, 15) is 0 Å². The third-order valence-corrected chi connectivity index (χ3v) is 6.67. The molecule has 0 saturated heterocycles. The van der Waals surface area contributed by atoms with Gasteiger partial charge in [-0.25, -0.2) is 0 Å². The van der Waals surface area contributed by atoms with Crippen LogP contribution in [0.5, 0.6) is 0 Å². The van der Waals surface area contributed by atoms with Crippen LogP contribution >= 0.6 is 0 Å². The predicted molar refractivity (Wildman–Crippen MR) is 121 cm³/mol. The summed E-state index contributed by atoms with van der Waals surface area (Å²) >= 11 is 0. The summed E-state index contributed by atoms with van der Waals surface area (Å²) in [6.07, 6.45) is 2.53. The van der Waals surface area contributed by atoms with Crippen LogP contribution in [0.2, 0.25) is 0 Å². The van der Waals surface area contributed by atoms with Crippen LogP contribution in [-0.2, 0) is 6.42 Å². The lowest BCUT2D eigenvalue weighted by Gasteiger charge is -2.46. The van der Waals surface area contributed by atoms with Crippen molar-refractivity contribution in [2.24, 2.45) is 23.7 Å². The topological polar surface area (TPSA) is 26.0 Å². The maximum absolute atomic E-state index is 5.92. The third-order valence-electron chi connectivity index (χ3n) is 6.67. The van der Waals surface area contributed by atoms with Crippen molar-refractivity contribution in [2.45, 2.75) is 33.6 Å². The number of hydrogen-bond donors (Lipinski definition) is 1. The normalized spacial score (nSPS) is 21.5. The van der Waals surface area contributed by atoms with Gasteiger partial charge in [0.25, 0.3) is 0 Å². The SMILES string of the molecule is CC(C)C1CC(C)C1Cc1cc(-c2ccccc2)ccc1-c1ccc(N)cc1. The monoisotopic (exact) mass is 369 g/mol. The maximum Gasteiger partial charge on any atom is 0.0314 e. The minimum Gasteiger partial charge on any atom is -0.399 e. The molecule has 1 heteroatoms. The van der Waals surface area contributed by atoms with E-state index in [1.165, 1.54) is 34.2 Å². The van der Waals surface area contributed by atoms with Crippen molar-refractivity contribution in [1.82, 2.24) is 0 Å². The van der Waals surface area contributed by atoms with Crippen LogP contribution in [0.25, 0.3) is 22.3 Å². The number of benzene rings is 3. The standard InChI is InChI=1S/C27H31N/c1-18(2)26-15-19(3)27(26)17-23-16-22(20-7-5-4-6-8-20)11-14-25(23)21-9-12-24(28)13-10-21/h4-14,16,18-19,26-27H,15,17,28H2,1-3H3. The molecular formula is C27H31N. The largest absolute Gasteiger partial charge is 0.399 e. The molecule has 2 N–H and O–H groups in total. The molecule has 1 fully saturated rings. The Kier molecular flexibility index (Phi) is 5.26. The molecule has 1 nitrogen and oxygen atoms in total. The molecule has 0 heterocycles. The quantitative estimate of drug-likeness (QED) is 0.478. The van der Waals surface area contributed by atoms with E-state index in [0.717, 1.165) is 35.8 Å². The molecular weight excluding hydrogens is 338 g/mol. The van der Waals surface area contributed by atoms with Crippen molar-refractivity contribution in [3.05, 3.63) is 78.4 Å². The lowest BCUT2D eigenvalue weighted by atomic mass is 9.59. The number of anilines is 1. The first-order valence-electron chi connectivity index (χ1n) is 10.6. The Morgan fingerprint density at radius 3 is 2.18 bits per heavy atom. The van der Waals surface area contributed by atoms with Crippen LogP contribution in [0.15, 0.2) is 72.8 Å². The van der Waals surface area contributed by atoms with Gasteiger partial charge in [-0.15, -0.1) is 0 Å². The van der Waals surface area contributed by atoms with Gasteiger partial charge in [-0.1, -0.05) is 81.4 Å². The highest BCUT2D eigenvalue weighted by molar-refractivity contribution is 5.74. The second kappa shape index (κ2) is 7.83. The van der Waals surface area contributed by atoms with Crippen LogP contribution in [0.1, 0.15) is 32.8 Å². The molecule has 3 unspecified atom stereocenters. The van der Waals surface area contributed by atoms with E-state index in [0.29, 0.717) is 0 Å². The summed E-state index contributed by atoms with van der Waals surface area (Å²) in [5.41, 5.74) is 13.4. The van der Waals surface area contributed by atoms with Gasteiger partial charge in [0.2, 0.25) is 0 Å². The van der Waals surface area contributed by atoms with Gasteiger partial charge in [0.1, 0.15) is 0 Å². The van der Waals surface area contributed by atoms with Crippen molar-refractivity contribution in [3.8, 4) is 22.3 Å². The Morgan fingerprint density at radius 2 is 1.54 bits per heavy atom. The molecule has 1 aliphatic rings. The van der Waals surface area contributed by atoms with Crippen LogP contribution < -0.4 is 5.73 Å². The average Bonchev–Trinajstić information content (AvgIpc) is 2.71. The number of nitrogen functional groups attached to an aromatic ring is 1. The van der Waals surface area contributed by atoms with Crippen LogP contribution in [0, 0.1) is 23.7 Å². The Balaban J connectivity index is 1.74. The minimum absolute atomic E-state index is 0.762. The second-order valence-corrected chi connectivity index (χ2v) is 8.85. The molecule has 0 aromatic heterocycles. The van der Waals surface area contributed by atoms with Crippen LogP contribution in [0.4, 0.5) is 5.69 Å². The van der Waals surface area contributed by atoms with E-state index in [1.54, 1.807) is 0 Å². The summed E-state index contributed by atoms with van der Waals surface area (Å²) in [6, 6.07) is 26.0. The van der Waals surface area contributed by atoms with E-state index < -0.39 is 0 Å². The van der Waals surface area contributed by atoms with Gasteiger partial charge in [0.05, 0.1) is 0 Å². The van der Waals surface area contributed by atoms with Gasteiger partial charge in [-0.3, -0.25) is 0 Å². The van der Waals surface area contributed by atoms with E-state index >= 15 is 0 Å². The van der Waals surface area contributed by atoms with E-state index in [2.05, 4.69) is 81.4 Å². The van der Waals surface area contributed by atoms with Crippen molar-refractivity contribution < 1.29 is 0 Å². The van der Waals surface area contributed by atoms with Crippen LogP contribution in [-0.4, -0.2) is 0 Å². The molecule has 3 atom stereocenters. The zero-order valence-corrected chi connectivity index (χ0v) is 17.2. The summed E-state index contributed by atoms with van der Waals surface area (Å²) in [7, 11) is 0. The molecule has 0 radical (unpaired) electrons. The Hall–Kier alpha value is -2.54. The molecule has 1 saturated carbocycles. The fraction of sp³-hybridized carbons (Fsp3) is 0.333. The fourth-order valence-corrected chi connectivity index (χ4v) is 4.90. The van der Waals surface area contributed by atoms with Gasteiger partial charge >= 0.3 is 0 Å². The summed E-state index contributed by atoms with van der Waals surface area (Å²) in [5.74, 6) is 3.19. The summed E-state index contributed by atoms with van der Waals surface area (Å²) in [6.45, 7) is 7.18. The first-order valence-corrected chi connectivity index (χ1v) is 10.6. The summed E-state index contributed by atoms with van der Waals surface area (Å²) in [4.78, 5) is 0. The predicted octanol–water partition coefficient (Wildman–Crippen LogP) is 7.07. The summed E-state index contributed by atoms with van der Waals surface area (Å²) < 4.78 is 0. The minimum atomic E-state index is 0.762. The molecule has 0 aliphatic heterocycles. The second-order valence-electron chi connectivity index (χ2n) is 8.85. The Labute approximate surface area is 169 Å². The van der Waals surface area contributed by atoms with Gasteiger partial charge in [-0.05, 0) is 76.5 Å². The third kappa shape index (κ3) is 3.71. The fourth-order valence-electron chi connectivity index (χ4n) is 4.90. The molecule has 3 aromatic rings. The lowest BCUT2D eigenvalue weighted by molar-refractivity contribution is 0.0473. The number of rotatable bonds is 5. The van der Waals surface area contributed by atoms with Crippen molar-refractivity contribution in [2.75, 3.05) is 5.73 Å². The van der Waals surface area contributed by atoms with Crippen molar-refractivity contribution in [1.29, 1.82) is 0 Å². The van der Waals surface area contributed by atoms with Gasteiger partial charge in [0, 0.05) is 5.69 Å². The number of hydrogen-bond acceptors (Lipinski definition) is 1. The van der Waals surface area contributed by atoms with Crippen LogP contribution in [0.3, 0.4) is 0 Å². The smallest absolute Gasteiger partial charge is 0.0314 e. The van der Waals surface area contributed by atoms with E-state index in [4.69, 9.17) is 5.73 Å². The van der Waals surface area contributed by atoms with Gasteiger partial charge < -0.3 is 5.73 Å².